The molecule has 0 aliphatic carbocycles. The third-order valence-electron chi connectivity index (χ3n) is 1.97. The second kappa shape index (κ2) is 3.70. The monoisotopic (exact) mass is 227 g/mol. The minimum atomic E-state index is -4.26. The van der Waals surface area contributed by atoms with Gasteiger partial charge in [0, 0.05) is 10.3 Å². The predicted octanol–water partition coefficient (Wildman–Crippen LogP) is 4.23. The molecule has 0 bridgehead atoms. The van der Waals surface area contributed by atoms with Crippen molar-refractivity contribution in [2.75, 3.05) is 0 Å². The van der Waals surface area contributed by atoms with Gasteiger partial charge in [-0.2, -0.15) is 13.2 Å². The highest BCUT2D eigenvalue weighted by Crippen LogP contribution is 2.31. The summed E-state index contributed by atoms with van der Waals surface area (Å²) in [6.45, 7) is 0. The Bertz CT molecular complexity index is 426. The lowest BCUT2D eigenvalue weighted by Gasteiger charge is -2.06. The summed E-state index contributed by atoms with van der Waals surface area (Å²) in [7, 11) is 0. The predicted molar refractivity (Wildman–Crippen MR) is 53.6 cm³/mol. The molecule has 0 amide bonds. The minimum absolute atomic E-state index is 0.619. The molecule has 2 rings (SSSR count). The molecule has 77 valence electrons. The van der Waals surface area contributed by atoms with Gasteiger partial charge in [-0.1, -0.05) is 12.1 Å². The Morgan fingerprint density at radius 2 is 1.67 bits per heavy atom. The molecule has 0 nitrogen and oxygen atoms in total. The van der Waals surface area contributed by atoms with Crippen LogP contribution in [0.5, 0.6) is 0 Å². The summed E-state index contributed by atoms with van der Waals surface area (Å²) in [6.07, 6.45) is -4.26. The van der Waals surface area contributed by atoms with E-state index >= 15 is 0 Å². The number of halogens is 3. The van der Waals surface area contributed by atoms with E-state index in [4.69, 9.17) is 0 Å². The summed E-state index contributed by atoms with van der Waals surface area (Å²) < 4.78 is 36.8. The minimum Gasteiger partial charge on any atom is -0.166 e. The van der Waals surface area contributed by atoms with E-state index in [1.165, 1.54) is 23.5 Å². The summed E-state index contributed by atoms with van der Waals surface area (Å²) in [5, 5.41) is 2.89. The van der Waals surface area contributed by atoms with Gasteiger partial charge >= 0.3 is 6.18 Å². The summed E-state index contributed by atoms with van der Waals surface area (Å²) >= 11 is 1.38. The number of hydrogen-bond donors (Lipinski definition) is 0. The normalized spacial score (nSPS) is 11.7. The lowest BCUT2D eigenvalue weighted by molar-refractivity contribution is -0.137. The summed E-state index contributed by atoms with van der Waals surface area (Å²) in [4.78, 5) is 0.920. The van der Waals surface area contributed by atoms with Gasteiger partial charge in [0.05, 0.1) is 5.56 Å². The van der Waals surface area contributed by atoms with Crippen LogP contribution in [0.3, 0.4) is 0 Å². The molecule has 1 aromatic heterocycles. The van der Waals surface area contributed by atoms with Crippen LogP contribution in [0, 0.1) is 5.38 Å². The van der Waals surface area contributed by atoms with Gasteiger partial charge in [-0.3, -0.25) is 0 Å². The Kier molecular flexibility index (Phi) is 2.52. The largest absolute Gasteiger partial charge is 0.416 e. The fourth-order valence-electron chi connectivity index (χ4n) is 1.22. The van der Waals surface area contributed by atoms with Crippen LogP contribution in [-0.2, 0) is 6.18 Å². The van der Waals surface area contributed by atoms with Gasteiger partial charge in [-0.25, -0.2) is 0 Å². The first-order chi connectivity index (χ1) is 7.07. The van der Waals surface area contributed by atoms with Crippen molar-refractivity contribution >= 4 is 11.3 Å². The van der Waals surface area contributed by atoms with Crippen LogP contribution in [0.4, 0.5) is 13.2 Å². The number of alkyl halides is 3. The first-order valence-corrected chi connectivity index (χ1v) is 5.02. The first-order valence-electron chi connectivity index (χ1n) is 4.21. The molecule has 0 spiro atoms. The molecule has 0 aliphatic rings. The van der Waals surface area contributed by atoms with Crippen LogP contribution in [-0.4, -0.2) is 0 Å². The van der Waals surface area contributed by atoms with Gasteiger partial charge in [0.15, 0.2) is 0 Å². The second-order valence-corrected chi connectivity index (χ2v) is 3.87. The van der Waals surface area contributed by atoms with Crippen molar-refractivity contribution in [1.29, 1.82) is 0 Å². The maximum Gasteiger partial charge on any atom is 0.416 e. The molecule has 1 aromatic carbocycles. The van der Waals surface area contributed by atoms with E-state index in [9.17, 15) is 13.2 Å². The third-order valence-corrected chi connectivity index (χ3v) is 2.81. The van der Waals surface area contributed by atoms with Gasteiger partial charge in [-0.15, -0.1) is 11.3 Å². The quantitative estimate of drug-likeness (QED) is 0.683. The highest BCUT2D eigenvalue weighted by molar-refractivity contribution is 7.13. The van der Waals surface area contributed by atoms with Crippen molar-refractivity contribution in [3.8, 4) is 10.4 Å². The molecule has 0 saturated carbocycles. The molecule has 0 saturated heterocycles. The Hall–Kier alpha value is -1.29. The second-order valence-electron chi connectivity index (χ2n) is 2.99. The fourth-order valence-corrected chi connectivity index (χ4v) is 1.87. The first kappa shape index (κ1) is 10.2. The summed E-state index contributed by atoms with van der Waals surface area (Å²) in [5.74, 6) is 0. The lowest BCUT2D eigenvalue weighted by atomic mass is 10.1. The van der Waals surface area contributed by atoms with E-state index in [1.807, 2.05) is 6.07 Å². The molecule has 0 N–H and O–H groups in total. The third kappa shape index (κ3) is 2.21. The number of rotatable bonds is 1. The molecule has 0 aliphatic heterocycles. The number of thiophene rings is 1. The zero-order chi connectivity index (χ0) is 10.9. The van der Waals surface area contributed by atoms with E-state index in [-0.39, 0.29) is 0 Å². The molecular formula is C11H6F3S. The zero-order valence-electron chi connectivity index (χ0n) is 7.51. The molecular weight excluding hydrogens is 221 g/mol. The van der Waals surface area contributed by atoms with Gasteiger partial charge in [0.25, 0.3) is 0 Å². The molecule has 0 unspecified atom stereocenters. The number of hydrogen-bond acceptors (Lipinski definition) is 1. The van der Waals surface area contributed by atoms with E-state index < -0.39 is 11.7 Å². The van der Waals surface area contributed by atoms with Crippen LogP contribution in [0.25, 0.3) is 10.4 Å². The van der Waals surface area contributed by atoms with Gasteiger partial charge in [0.1, 0.15) is 0 Å². The Labute approximate surface area is 89.0 Å². The van der Waals surface area contributed by atoms with Crippen molar-refractivity contribution in [2.24, 2.45) is 0 Å². The maximum atomic E-state index is 12.3. The van der Waals surface area contributed by atoms with Crippen molar-refractivity contribution in [3.63, 3.8) is 0 Å². The van der Waals surface area contributed by atoms with E-state index in [2.05, 4.69) is 5.38 Å². The van der Waals surface area contributed by atoms with Crippen molar-refractivity contribution < 1.29 is 13.2 Å². The van der Waals surface area contributed by atoms with Crippen molar-refractivity contribution in [3.05, 3.63) is 47.3 Å². The lowest BCUT2D eigenvalue weighted by Crippen LogP contribution is -2.03. The highest BCUT2D eigenvalue weighted by Gasteiger charge is 2.29. The van der Waals surface area contributed by atoms with Crippen molar-refractivity contribution in [1.82, 2.24) is 0 Å². The van der Waals surface area contributed by atoms with Gasteiger partial charge in [-0.05, 0) is 29.8 Å². The van der Waals surface area contributed by atoms with Crippen LogP contribution >= 0.6 is 11.3 Å². The fraction of sp³-hybridized carbons (Fsp3) is 0.0909. The molecule has 1 heterocycles. The molecule has 2 aromatic rings. The van der Waals surface area contributed by atoms with Crippen LogP contribution in [0.2, 0.25) is 0 Å². The van der Waals surface area contributed by atoms with E-state index in [0.717, 1.165) is 22.6 Å². The number of benzene rings is 1. The van der Waals surface area contributed by atoms with Crippen LogP contribution < -0.4 is 0 Å². The van der Waals surface area contributed by atoms with Gasteiger partial charge in [0.2, 0.25) is 0 Å². The molecule has 0 atom stereocenters. The van der Waals surface area contributed by atoms with Gasteiger partial charge < -0.3 is 0 Å². The highest BCUT2D eigenvalue weighted by atomic mass is 32.1. The Balaban J connectivity index is 2.33. The van der Waals surface area contributed by atoms with Crippen LogP contribution in [0.1, 0.15) is 5.56 Å². The summed E-state index contributed by atoms with van der Waals surface area (Å²) in [6, 6.07) is 8.71. The van der Waals surface area contributed by atoms with Crippen molar-refractivity contribution in [2.45, 2.75) is 6.18 Å². The zero-order valence-corrected chi connectivity index (χ0v) is 8.32. The summed E-state index contributed by atoms with van der Waals surface area (Å²) in [5.41, 5.74) is 0.168. The maximum absolute atomic E-state index is 12.3. The average Bonchev–Trinajstić information content (AvgIpc) is 2.69. The van der Waals surface area contributed by atoms with E-state index in [1.54, 1.807) is 6.07 Å². The van der Waals surface area contributed by atoms with E-state index in [0.29, 0.717) is 0 Å². The molecule has 1 radical (unpaired) electrons. The molecule has 4 heteroatoms. The smallest absolute Gasteiger partial charge is 0.166 e. The SMILES string of the molecule is FC(F)(F)c1ccc(-c2cc[c]s2)cc1. The standard InChI is InChI=1S/C11H6F3S/c12-11(13,14)9-5-3-8(4-6-9)10-2-1-7-15-10/h1-6H. The topological polar surface area (TPSA) is 0 Å². The average molecular weight is 227 g/mol. The Morgan fingerprint density at radius 3 is 2.13 bits per heavy atom. The molecule has 15 heavy (non-hydrogen) atoms. The Morgan fingerprint density at radius 1 is 1.00 bits per heavy atom. The molecule has 0 fully saturated rings. The van der Waals surface area contributed by atoms with Crippen LogP contribution in [0.15, 0.2) is 36.4 Å².